The summed E-state index contributed by atoms with van der Waals surface area (Å²) in [6, 6.07) is 14.3. The maximum Gasteiger partial charge on any atom is 0.287 e. The molecule has 0 saturated heterocycles. The van der Waals surface area contributed by atoms with E-state index in [9.17, 15) is 27.5 Å². The van der Waals surface area contributed by atoms with Gasteiger partial charge in [0.2, 0.25) is 5.72 Å². The van der Waals surface area contributed by atoms with Gasteiger partial charge in [0.05, 0.1) is 16.8 Å². The number of amides is 1. The Bertz CT molecular complexity index is 1190. The third-order valence-corrected chi connectivity index (χ3v) is 5.17. The Morgan fingerprint density at radius 2 is 1.77 bits per heavy atom. The number of carbonyl (C=O) groups is 1. The Morgan fingerprint density at radius 3 is 2.42 bits per heavy atom. The van der Waals surface area contributed by atoms with Crippen molar-refractivity contribution in [1.82, 2.24) is 9.99 Å². The van der Waals surface area contributed by atoms with Crippen molar-refractivity contribution in [3.8, 4) is 11.3 Å². The first-order chi connectivity index (χ1) is 14.7. The summed E-state index contributed by atoms with van der Waals surface area (Å²) in [6.07, 6.45) is -7.86. The minimum atomic E-state index is -3.51. The number of benzene rings is 2. The first-order valence-corrected chi connectivity index (χ1v) is 9.45. The van der Waals surface area contributed by atoms with Gasteiger partial charge in [-0.25, -0.2) is 22.5 Å². The lowest BCUT2D eigenvalue weighted by Gasteiger charge is -2.30. The number of aromatic nitrogens is 1. The normalized spacial score (nSPS) is 18.8. The van der Waals surface area contributed by atoms with E-state index in [-0.39, 0.29) is 10.6 Å². The van der Waals surface area contributed by atoms with Crippen molar-refractivity contribution in [3.05, 3.63) is 65.2 Å². The van der Waals surface area contributed by atoms with Gasteiger partial charge in [0, 0.05) is 22.4 Å². The van der Waals surface area contributed by atoms with E-state index in [2.05, 4.69) is 10.1 Å². The molecule has 1 aliphatic rings. The number of nitrogens with zero attached hydrogens (tertiary/aromatic N) is 3. The van der Waals surface area contributed by atoms with Crippen molar-refractivity contribution in [2.24, 2.45) is 5.10 Å². The van der Waals surface area contributed by atoms with Crippen LogP contribution in [0.1, 0.15) is 16.8 Å². The fourth-order valence-corrected chi connectivity index (χ4v) is 3.46. The Labute approximate surface area is 178 Å². The Kier molecular flexibility index (Phi) is 5.40. The lowest BCUT2D eigenvalue weighted by atomic mass is 10.0. The minimum Gasteiger partial charge on any atom is -0.364 e. The summed E-state index contributed by atoms with van der Waals surface area (Å²) < 4.78 is 53.4. The van der Waals surface area contributed by atoms with E-state index in [1.807, 2.05) is 0 Å². The molecule has 31 heavy (non-hydrogen) atoms. The molecular formula is C21H14ClF4N3O2. The highest BCUT2D eigenvalue weighted by molar-refractivity contribution is 6.30. The largest absolute Gasteiger partial charge is 0.364 e. The fraction of sp³-hybridized carbons (Fsp3) is 0.190. The van der Waals surface area contributed by atoms with E-state index < -0.39 is 36.6 Å². The van der Waals surface area contributed by atoms with Crippen molar-refractivity contribution in [2.45, 2.75) is 25.0 Å². The molecule has 0 aliphatic carbocycles. The highest BCUT2D eigenvalue weighted by Gasteiger charge is 2.53. The van der Waals surface area contributed by atoms with E-state index in [1.54, 1.807) is 42.5 Å². The van der Waals surface area contributed by atoms with Crippen LogP contribution in [0.15, 0.2) is 59.7 Å². The monoisotopic (exact) mass is 451 g/mol. The molecule has 1 aliphatic heterocycles. The Balaban J connectivity index is 1.88. The number of para-hydroxylation sites is 1. The van der Waals surface area contributed by atoms with Crippen molar-refractivity contribution in [1.29, 1.82) is 0 Å². The molecule has 1 atom stereocenters. The predicted octanol–water partition coefficient (Wildman–Crippen LogP) is 4.98. The third kappa shape index (κ3) is 3.75. The molecule has 0 bridgehead atoms. The van der Waals surface area contributed by atoms with Gasteiger partial charge < -0.3 is 5.11 Å². The van der Waals surface area contributed by atoms with Crippen LogP contribution in [0.5, 0.6) is 0 Å². The van der Waals surface area contributed by atoms with Crippen LogP contribution in [0.2, 0.25) is 5.02 Å². The van der Waals surface area contributed by atoms with Gasteiger partial charge >= 0.3 is 0 Å². The molecular weight excluding hydrogens is 438 g/mol. The number of aliphatic hydroxyl groups is 1. The summed E-state index contributed by atoms with van der Waals surface area (Å²) in [4.78, 5) is 17.7. The van der Waals surface area contributed by atoms with Crippen molar-refractivity contribution < 1.29 is 27.5 Å². The summed E-state index contributed by atoms with van der Waals surface area (Å²) in [5.41, 5.74) is -2.99. The van der Waals surface area contributed by atoms with E-state index in [1.165, 1.54) is 12.1 Å². The number of rotatable bonds is 4. The number of hydrogen-bond donors (Lipinski definition) is 1. The number of alkyl halides is 4. The maximum atomic E-state index is 13.6. The zero-order valence-electron chi connectivity index (χ0n) is 15.6. The lowest BCUT2D eigenvalue weighted by molar-refractivity contribution is -0.164. The summed E-state index contributed by atoms with van der Waals surface area (Å²) in [6.45, 7) is 0. The SMILES string of the molecule is O=C(c1cc(-c2ccc(Cl)cc2)nc2ccccc12)N1N=C(C(F)F)C[C@@]1(O)C(F)F. The molecule has 0 fully saturated rings. The van der Waals surface area contributed by atoms with Gasteiger partial charge in [0.1, 0.15) is 5.71 Å². The fourth-order valence-electron chi connectivity index (χ4n) is 3.34. The van der Waals surface area contributed by atoms with Crippen LogP contribution in [0.3, 0.4) is 0 Å². The van der Waals surface area contributed by atoms with Crippen LogP contribution < -0.4 is 0 Å². The molecule has 0 radical (unpaired) electrons. The van der Waals surface area contributed by atoms with Crippen molar-refractivity contribution >= 4 is 34.1 Å². The molecule has 160 valence electrons. The third-order valence-electron chi connectivity index (χ3n) is 4.92. The zero-order valence-corrected chi connectivity index (χ0v) is 16.4. The number of halogens is 5. The quantitative estimate of drug-likeness (QED) is 0.569. The Morgan fingerprint density at radius 1 is 1.10 bits per heavy atom. The van der Waals surface area contributed by atoms with E-state index in [4.69, 9.17) is 11.6 Å². The molecule has 2 heterocycles. The summed E-state index contributed by atoms with van der Waals surface area (Å²) >= 11 is 5.91. The van der Waals surface area contributed by atoms with Crippen LogP contribution in [-0.2, 0) is 0 Å². The van der Waals surface area contributed by atoms with Gasteiger partial charge in [-0.05, 0) is 24.3 Å². The lowest BCUT2D eigenvalue weighted by Crippen LogP contribution is -2.51. The average Bonchev–Trinajstić information content (AvgIpc) is 3.12. The van der Waals surface area contributed by atoms with Crippen molar-refractivity contribution in [2.75, 3.05) is 0 Å². The van der Waals surface area contributed by atoms with Crippen LogP contribution in [-0.4, -0.2) is 45.3 Å². The molecule has 1 aromatic heterocycles. The number of pyridine rings is 1. The molecule has 5 nitrogen and oxygen atoms in total. The number of hydrazone groups is 1. The maximum absolute atomic E-state index is 13.6. The highest BCUT2D eigenvalue weighted by Crippen LogP contribution is 2.36. The van der Waals surface area contributed by atoms with Crippen LogP contribution >= 0.6 is 11.6 Å². The van der Waals surface area contributed by atoms with E-state index in [0.717, 1.165) is 0 Å². The summed E-state index contributed by atoms with van der Waals surface area (Å²) in [7, 11) is 0. The second kappa shape index (κ2) is 7.90. The topological polar surface area (TPSA) is 65.8 Å². The summed E-state index contributed by atoms with van der Waals surface area (Å²) in [5, 5.41) is 14.5. The van der Waals surface area contributed by atoms with E-state index in [0.29, 0.717) is 27.2 Å². The molecule has 0 unspecified atom stereocenters. The first kappa shape index (κ1) is 21.2. The standard InChI is InChI=1S/C21H14ClF4N3O2/c22-12-7-5-11(6-8-12)16-9-14(13-3-1-2-4-15(13)27-16)19(30)29-21(31,20(25)26)10-17(28-29)18(23)24/h1-9,18,20,31H,10H2/t21-/m1/s1. The van der Waals surface area contributed by atoms with Crippen LogP contribution in [0, 0.1) is 0 Å². The molecule has 2 aromatic carbocycles. The average molecular weight is 452 g/mol. The Hall–Kier alpha value is -3.04. The first-order valence-electron chi connectivity index (χ1n) is 9.07. The molecule has 1 amide bonds. The smallest absolute Gasteiger partial charge is 0.287 e. The highest BCUT2D eigenvalue weighted by atomic mass is 35.5. The minimum absolute atomic E-state index is 0.0482. The molecule has 10 heteroatoms. The van der Waals surface area contributed by atoms with Crippen LogP contribution in [0.4, 0.5) is 17.6 Å². The van der Waals surface area contributed by atoms with Crippen molar-refractivity contribution in [3.63, 3.8) is 0 Å². The number of fused-ring (bicyclic) bond motifs is 1. The van der Waals surface area contributed by atoms with Gasteiger partial charge in [0.15, 0.2) is 0 Å². The van der Waals surface area contributed by atoms with Gasteiger partial charge in [-0.2, -0.15) is 10.1 Å². The second-order valence-corrected chi connectivity index (χ2v) is 7.38. The van der Waals surface area contributed by atoms with Gasteiger partial charge in [-0.15, -0.1) is 0 Å². The molecule has 1 N–H and O–H groups in total. The molecule has 0 spiro atoms. The van der Waals surface area contributed by atoms with E-state index >= 15 is 0 Å². The van der Waals surface area contributed by atoms with Gasteiger partial charge in [-0.1, -0.05) is 41.9 Å². The zero-order chi connectivity index (χ0) is 22.3. The van der Waals surface area contributed by atoms with Gasteiger partial charge in [0.25, 0.3) is 18.8 Å². The predicted molar refractivity (Wildman–Crippen MR) is 107 cm³/mol. The molecule has 3 aromatic rings. The number of carbonyl (C=O) groups excluding carboxylic acids is 1. The molecule has 4 rings (SSSR count). The van der Waals surface area contributed by atoms with Gasteiger partial charge in [-0.3, -0.25) is 4.79 Å². The number of hydrogen-bond acceptors (Lipinski definition) is 4. The second-order valence-electron chi connectivity index (χ2n) is 6.94. The summed E-state index contributed by atoms with van der Waals surface area (Å²) in [5.74, 6) is -1.15. The molecule has 0 saturated carbocycles. The van der Waals surface area contributed by atoms with Crippen LogP contribution in [0.25, 0.3) is 22.2 Å².